The van der Waals surface area contributed by atoms with Gasteiger partial charge in [0.2, 0.25) is 5.91 Å². The summed E-state index contributed by atoms with van der Waals surface area (Å²) >= 11 is 3.31. The van der Waals surface area contributed by atoms with Crippen molar-refractivity contribution in [2.75, 3.05) is 6.54 Å². The lowest BCUT2D eigenvalue weighted by atomic mass is 10.2. The minimum Gasteiger partial charge on any atom is -0.459 e. The van der Waals surface area contributed by atoms with Gasteiger partial charge < -0.3 is 15.1 Å². The molecule has 1 aromatic heterocycles. The Balaban J connectivity index is 1.55. The summed E-state index contributed by atoms with van der Waals surface area (Å²) in [4.78, 5) is 24.1. The second-order valence-electron chi connectivity index (χ2n) is 5.67. The van der Waals surface area contributed by atoms with Crippen LogP contribution in [0, 0.1) is 0 Å². The smallest absolute Gasteiger partial charge is 0.251 e. The van der Waals surface area contributed by atoms with Crippen molar-refractivity contribution in [2.45, 2.75) is 13.0 Å². The third-order valence-corrected chi connectivity index (χ3v) is 4.24. The second-order valence-corrected chi connectivity index (χ2v) is 6.58. The number of fused-ring (bicyclic) bond motifs is 1. The van der Waals surface area contributed by atoms with E-state index in [1.54, 1.807) is 18.2 Å². The summed E-state index contributed by atoms with van der Waals surface area (Å²) in [6.07, 6.45) is 0. The van der Waals surface area contributed by atoms with Crippen LogP contribution in [0.4, 0.5) is 0 Å². The minimum atomic E-state index is -0.298. The highest BCUT2D eigenvalue weighted by Crippen LogP contribution is 2.23. The van der Waals surface area contributed by atoms with Crippen LogP contribution in [-0.2, 0) is 4.79 Å². The van der Waals surface area contributed by atoms with Crippen LogP contribution in [-0.4, -0.2) is 18.4 Å². The molecule has 0 spiro atoms. The topological polar surface area (TPSA) is 71.3 Å². The zero-order valence-corrected chi connectivity index (χ0v) is 15.2. The van der Waals surface area contributed by atoms with E-state index in [2.05, 4.69) is 26.6 Å². The lowest BCUT2D eigenvalue weighted by Crippen LogP contribution is -2.37. The van der Waals surface area contributed by atoms with Gasteiger partial charge in [-0.05, 0) is 37.3 Å². The molecule has 2 aromatic carbocycles. The van der Waals surface area contributed by atoms with Crippen molar-refractivity contribution in [2.24, 2.45) is 0 Å². The SMILES string of the molecule is C[C@H](NC(=O)CNC(=O)c1cccc(Br)c1)c1cc2ccccc2o1. The molecule has 1 atom stereocenters. The fourth-order valence-corrected chi connectivity index (χ4v) is 2.87. The van der Waals surface area contributed by atoms with E-state index < -0.39 is 0 Å². The number of benzene rings is 2. The number of nitrogens with one attached hydrogen (secondary N) is 2. The normalized spacial score (nSPS) is 11.9. The van der Waals surface area contributed by atoms with E-state index in [1.165, 1.54) is 0 Å². The fraction of sp³-hybridized carbons (Fsp3) is 0.158. The van der Waals surface area contributed by atoms with E-state index in [1.807, 2.05) is 43.3 Å². The molecule has 0 unspecified atom stereocenters. The molecule has 1 heterocycles. The third-order valence-electron chi connectivity index (χ3n) is 3.75. The number of rotatable bonds is 5. The van der Waals surface area contributed by atoms with Crippen LogP contribution in [0.25, 0.3) is 11.0 Å². The van der Waals surface area contributed by atoms with Gasteiger partial charge in [0, 0.05) is 15.4 Å². The van der Waals surface area contributed by atoms with Crippen LogP contribution < -0.4 is 10.6 Å². The predicted molar refractivity (Wildman–Crippen MR) is 99.2 cm³/mol. The quantitative estimate of drug-likeness (QED) is 0.683. The average molecular weight is 401 g/mol. The van der Waals surface area contributed by atoms with Crippen molar-refractivity contribution in [3.63, 3.8) is 0 Å². The van der Waals surface area contributed by atoms with E-state index in [0.717, 1.165) is 15.4 Å². The number of halogens is 1. The summed E-state index contributed by atoms with van der Waals surface area (Å²) in [5, 5.41) is 6.41. The largest absolute Gasteiger partial charge is 0.459 e. The predicted octanol–water partition coefficient (Wildman–Crippen LogP) is 3.80. The van der Waals surface area contributed by atoms with Crippen molar-refractivity contribution in [1.29, 1.82) is 0 Å². The standard InChI is InChI=1S/C19H17BrN2O3/c1-12(17-10-13-5-2-3-8-16(13)25-17)22-18(23)11-21-19(24)14-6-4-7-15(20)9-14/h2-10,12H,11H2,1H3,(H,21,24)(H,22,23)/t12-/m0/s1. The van der Waals surface area contributed by atoms with Crippen molar-refractivity contribution in [1.82, 2.24) is 10.6 Å². The number of carbonyl (C=O) groups is 2. The van der Waals surface area contributed by atoms with Crippen molar-refractivity contribution in [3.05, 3.63) is 70.4 Å². The van der Waals surface area contributed by atoms with Crippen LogP contribution in [0.1, 0.15) is 29.1 Å². The molecule has 0 aliphatic carbocycles. The van der Waals surface area contributed by atoms with E-state index in [9.17, 15) is 9.59 Å². The molecule has 0 fully saturated rings. The van der Waals surface area contributed by atoms with Gasteiger partial charge in [-0.3, -0.25) is 9.59 Å². The highest BCUT2D eigenvalue weighted by atomic mass is 79.9. The molecule has 3 rings (SSSR count). The molecular weight excluding hydrogens is 384 g/mol. The molecule has 0 saturated heterocycles. The third kappa shape index (κ3) is 4.28. The zero-order valence-electron chi connectivity index (χ0n) is 13.6. The molecule has 0 aliphatic rings. The first-order valence-corrected chi connectivity index (χ1v) is 8.64. The van der Waals surface area contributed by atoms with Crippen LogP contribution in [0.15, 0.2) is 63.5 Å². The number of amides is 2. The van der Waals surface area contributed by atoms with Gasteiger partial charge in [0.05, 0.1) is 12.6 Å². The molecule has 0 saturated carbocycles. The van der Waals surface area contributed by atoms with Gasteiger partial charge in [-0.15, -0.1) is 0 Å². The van der Waals surface area contributed by atoms with Gasteiger partial charge in [0.25, 0.3) is 5.91 Å². The first kappa shape index (κ1) is 17.2. The number of hydrogen-bond acceptors (Lipinski definition) is 3. The maximum absolute atomic E-state index is 12.1. The van der Waals surface area contributed by atoms with Gasteiger partial charge in [-0.25, -0.2) is 0 Å². The number of carbonyl (C=O) groups excluding carboxylic acids is 2. The van der Waals surface area contributed by atoms with Crippen molar-refractivity contribution < 1.29 is 14.0 Å². The lowest BCUT2D eigenvalue weighted by molar-refractivity contribution is -0.120. The maximum atomic E-state index is 12.1. The van der Waals surface area contributed by atoms with E-state index in [-0.39, 0.29) is 24.4 Å². The van der Waals surface area contributed by atoms with Gasteiger partial charge in [0.1, 0.15) is 11.3 Å². The van der Waals surface area contributed by atoms with Gasteiger partial charge >= 0.3 is 0 Å². The Labute approximate surface area is 153 Å². The van der Waals surface area contributed by atoms with Gasteiger partial charge in [-0.2, -0.15) is 0 Å². The van der Waals surface area contributed by atoms with Crippen molar-refractivity contribution in [3.8, 4) is 0 Å². The molecule has 3 aromatic rings. The highest BCUT2D eigenvalue weighted by molar-refractivity contribution is 9.10. The Morgan fingerprint density at radius 2 is 1.92 bits per heavy atom. The Kier molecular flexibility index (Phi) is 5.19. The Morgan fingerprint density at radius 1 is 1.12 bits per heavy atom. The molecule has 0 aliphatic heterocycles. The zero-order chi connectivity index (χ0) is 17.8. The average Bonchev–Trinajstić information content (AvgIpc) is 3.04. The molecule has 5 nitrogen and oxygen atoms in total. The second kappa shape index (κ2) is 7.53. The molecule has 6 heteroatoms. The van der Waals surface area contributed by atoms with Crippen LogP contribution >= 0.6 is 15.9 Å². The van der Waals surface area contributed by atoms with E-state index >= 15 is 0 Å². The maximum Gasteiger partial charge on any atom is 0.251 e. The van der Waals surface area contributed by atoms with Crippen LogP contribution in [0.3, 0.4) is 0 Å². The summed E-state index contributed by atoms with van der Waals surface area (Å²) < 4.78 is 6.54. The Hall–Kier alpha value is -2.60. The van der Waals surface area contributed by atoms with Gasteiger partial charge in [-0.1, -0.05) is 40.2 Å². The number of hydrogen-bond donors (Lipinski definition) is 2. The molecule has 128 valence electrons. The monoisotopic (exact) mass is 400 g/mol. The molecule has 0 bridgehead atoms. The van der Waals surface area contributed by atoms with Crippen molar-refractivity contribution >= 4 is 38.7 Å². The Bertz CT molecular complexity index is 887. The fourth-order valence-electron chi connectivity index (χ4n) is 2.47. The summed E-state index contributed by atoms with van der Waals surface area (Å²) in [6.45, 7) is 1.74. The van der Waals surface area contributed by atoms with E-state index in [4.69, 9.17) is 4.42 Å². The van der Waals surface area contributed by atoms with E-state index in [0.29, 0.717) is 11.3 Å². The molecule has 25 heavy (non-hydrogen) atoms. The number of para-hydroxylation sites is 1. The van der Waals surface area contributed by atoms with Crippen LogP contribution in [0.2, 0.25) is 0 Å². The summed E-state index contributed by atoms with van der Waals surface area (Å²) in [5.41, 5.74) is 1.27. The van der Waals surface area contributed by atoms with Crippen LogP contribution in [0.5, 0.6) is 0 Å². The molecule has 2 N–H and O–H groups in total. The number of furan rings is 1. The summed E-state index contributed by atoms with van der Waals surface area (Å²) in [6, 6.07) is 16.3. The summed E-state index contributed by atoms with van der Waals surface area (Å²) in [7, 11) is 0. The first-order valence-electron chi connectivity index (χ1n) is 7.84. The molecule has 2 amide bonds. The lowest BCUT2D eigenvalue weighted by Gasteiger charge is -2.12. The molecular formula is C19H17BrN2O3. The summed E-state index contributed by atoms with van der Waals surface area (Å²) in [5.74, 6) is 0.0945. The molecule has 0 radical (unpaired) electrons. The first-order chi connectivity index (χ1) is 12.0. The Morgan fingerprint density at radius 3 is 2.68 bits per heavy atom. The minimum absolute atomic E-state index is 0.101. The van der Waals surface area contributed by atoms with Gasteiger partial charge in [0.15, 0.2) is 0 Å². The highest BCUT2D eigenvalue weighted by Gasteiger charge is 2.15.